The van der Waals surface area contributed by atoms with Crippen LogP contribution in [-0.4, -0.2) is 9.55 Å². The van der Waals surface area contributed by atoms with Crippen molar-refractivity contribution in [1.29, 1.82) is 0 Å². The van der Waals surface area contributed by atoms with Crippen LogP contribution in [0.2, 0.25) is 0 Å². The van der Waals surface area contributed by atoms with Crippen molar-refractivity contribution in [2.24, 2.45) is 5.41 Å². The van der Waals surface area contributed by atoms with Crippen LogP contribution in [0.1, 0.15) is 126 Å². The number of allylic oxidation sites excluding steroid dienone is 1. The molecule has 5 nitrogen and oxygen atoms in total. The van der Waals surface area contributed by atoms with E-state index in [0.29, 0.717) is 11.5 Å². The smallest absolute Gasteiger partial charge is 0.135 e. The average Bonchev–Trinajstić information content (AvgIpc) is 3.71. The minimum absolute atomic E-state index is 0. The molecule has 0 fully saturated rings. The number of benzene rings is 4. The third-order valence-electron chi connectivity index (χ3n) is 11.0. The summed E-state index contributed by atoms with van der Waals surface area (Å²) in [6.07, 6.45) is 4.17. The van der Waals surface area contributed by atoms with Gasteiger partial charge in [-0.25, -0.2) is 4.98 Å². The minimum atomic E-state index is -0.134. The second-order valence-electron chi connectivity index (χ2n) is 21.0. The van der Waals surface area contributed by atoms with E-state index in [-0.39, 0.29) is 48.1 Å². The Balaban J connectivity index is 0.00000567. The van der Waals surface area contributed by atoms with E-state index in [2.05, 4.69) is 216 Å². The minimum Gasteiger partial charge on any atom is -0.509 e. The average molecular weight is 953 g/mol. The summed E-state index contributed by atoms with van der Waals surface area (Å²) in [5.74, 6) is 2.13. The molecule has 0 saturated heterocycles. The molecule has 0 atom stereocenters. The SMILES string of the molecule is CC(C)(C)C1=CN(c2[c-]c(Oc3[c-]c4c(cc3)c3ccccc3n4-c3cc(C(C)(C)C)ccn3)cc(C(C)(C)C)c2)[CH-]N1c1cc(C(C)(C)C)cc(C(C)(C)C)c1.[Pt]. The standard InChI is InChI=1S/C52H61N4O.Pt/c1-48(2,3)34-22-23-53-47(29-34)56-44-19-17-16-18-42(44)43-21-20-40(31-45(43)56)57-41-28-37(51(10,11)12)25-38(30-41)54-32-46(52(13,14)15)55(33-54)39-26-35(49(4,5)6)24-36(27-39)50(7,8)9;/h16-29,32-33H,1-15H3;/q-3;. The van der Waals surface area contributed by atoms with Gasteiger partial charge in [0.2, 0.25) is 0 Å². The summed E-state index contributed by atoms with van der Waals surface area (Å²) in [4.78, 5) is 9.44. The summed E-state index contributed by atoms with van der Waals surface area (Å²) in [5, 5.41) is 2.26. The first-order chi connectivity index (χ1) is 26.4. The summed E-state index contributed by atoms with van der Waals surface area (Å²) in [6, 6.07) is 35.8. The van der Waals surface area contributed by atoms with E-state index in [0.717, 1.165) is 38.9 Å². The molecule has 58 heavy (non-hydrogen) atoms. The zero-order chi connectivity index (χ0) is 41.5. The zero-order valence-corrected chi connectivity index (χ0v) is 39.5. The van der Waals surface area contributed by atoms with Crippen LogP contribution in [0.15, 0.2) is 97.0 Å². The number of hydrogen-bond acceptors (Lipinski definition) is 4. The number of pyridine rings is 1. The third kappa shape index (κ3) is 8.67. The van der Waals surface area contributed by atoms with Gasteiger partial charge in [0, 0.05) is 61.1 Å². The summed E-state index contributed by atoms with van der Waals surface area (Å²) in [6.45, 7) is 36.3. The van der Waals surface area contributed by atoms with Crippen LogP contribution in [0.3, 0.4) is 0 Å². The Morgan fingerprint density at radius 3 is 1.78 bits per heavy atom. The molecule has 6 heteroatoms. The number of ether oxygens (including phenoxy) is 1. The predicted molar refractivity (Wildman–Crippen MR) is 241 cm³/mol. The second kappa shape index (κ2) is 15.0. The van der Waals surface area contributed by atoms with Gasteiger partial charge in [0.25, 0.3) is 0 Å². The molecule has 0 bridgehead atoms. The summed E-state index contributed by atoms with van der Waals surface area (Å²) in [7, 11) is 0. The van der Waals surface area contributed by atoms with Crippen molar-refractivity contribution < 1.29 is 25.8 Å². The van der Waals surface area contributed by atoms with Crippen LogP contribution in [0, 0.1) is 24.2 Å². The van der Waals surface area contributed by atoms with Crippen molar-refractivity contribution in [2.45, 2.75) is 126 Å². The first-order valence-electron chi connectivity index (χ1n) is 20.4. The van der Waals surface area contributed by atoms with E-state index >= 15 is 0 Å². The van der Waals surface area contributed by atoms with E-state index in [9.17, 15) is 0 Å². The van der Waals surface area contributed by atoms with Gasteiger partial charge in [0.1, 0.15) is 5.82 Å². The Morgan fingerprint density at radius 1 is 0.569 bits per heavy atom. The number of para-hydroxylation sites is 1. The molecule has 0 N–H and O–H groups in total. The Kier molecular flexibility index (Phi) is 11.2. The van der Waals surface area contributed by atoms with E-state index in [1.807, 2.05) is 12.3 Å². The normalized spacial score (nSPS) is 14.3. The van der Waals surface area contributed by atoms with Crippen LogP contribution in [-0.2, 0) is 42.7 Å². The number of nitrogens with zero attached hydrogens (tertiary/aromatic N) is 4. The largest absolute Gasteiger partial charge is 0.509 e. The molecule has 0 unspecified atom stereocenters. The topological polar surface area (TPSA) is 33.5 Å². The molecule has 0 spiro atoms. The third-order valence-corrected chi connectivity index (χ3v) is 11.0. The molecular weight excluding hydrogens is 892 g/mol. The molecule has 0 saturated carbocycles. The summed E-state index contributed by atoms with van der Waals surface area (Å²) in [5.41, 5.74) is 10.1. The van der Waals surface area contributed by atoms with Crippen LogP contribution >= 0.6 is 0 Å². The van der Waals surface area contributed by atoms with Crippen molar-refractivity contribution in [3.63, 3.8) is 0 Å². The molecule has 6 aromatic rings. The predicted octanol–water partition coefficient (Wildman–Crippen LogP) is 14.1. The molecule has 0 amide bonds. The summed E-state index contributed by atoms with van der Waals surface area (Å²) < 4.78 is 8.99. The van der Waals surface area contributed by atoms with E-state index in [4.69, 9.17) is 9.72 Å². The molecule has 0 aliphatic carbocycles. The second-order valence-corrected chi connectivity index (χ2v) is 21.0. The fraction of sp³-hybridized carbons (Fsp3) is 0.385. The maximum absolute atomic E-state index is 6.78. The van der Waals surface area contributed by atoms with E-state index in [1.165, 1.54) is 28.1 Å². The van der Waals surface area contributed by atoms with Crippen molar-refractivity contribution in [2.75, 3.05) is 9.80 Å². The van der Waals surface area contributed by atoms with Gasteiger partial charge in [-0.2, -0.15) is 6.07 Å². The van der Waals surface area contributed by atoms with Gasteiger partial charge < -0.3 is 19.1 Å². The van der Waals surface area contributed by atoms with Crippen LogP contribution in [0.4, 0.5) is 11.4 Å². The molecule has 3 heterocycles. The fourth-order valence-electron chi connectivity index (χ4n) is 7.38. The molecule has 308 valence electrons. The molecule has 4 aromatic carbocycles. The van der Waals surface area contributed by atoms with Gasteiger partial charge in [-0.3, -0.25) is 0 Å². The number of rotatable bonds is 5. The number of hydrogen-bond donors (Lipinski definition) is 0. The van der Waals surface area contributed by atoms with Gasteiger partial charge in [-0.15, -0.1) is 53.6 Å². The fourth-order valence-corrected chi connectivity index (χ4v) is 7.38. The van der Waals surface area contributed by atoms with E-state index in [1.54, 1.807) is 0 Å². The Hall–Kier alpha value is -4.34. The molecule has 2 aromatic heterocycles. The Labute approximate surface area is 362 Å². The first kappa shape index (κ1) is 43.2. The van der Waals surface area contributed by atoms with Crippen LogP contribution in [0.25, 0.3) is 27.6 Å². The van der Waals surface area contributed by atoms with Gasteiger partial charge >= 0.3 is 0 Å². The van der Waals surface area contributed by atoms with Gasteiger partial charge in [-0.05, 0) is 80.3 Å². The van der Waals surface area contributed by atoms with Crippen molar-refractivity contribution in [3.8, 4) is 17.3 Å². The maximum Gasteiger partial charge on any atom is 0.135 e. The van der Waals surface area contributed by atoms with Crippen LogP contribution in [0.5, 0.6) is 11.5 Å². The summed E-state index contributed by atoms with van der Waals surface area (Å²) >= 11 is 0. The van der Waals surface area contributed by atoms with Crippen LogP contribution < -0.4 is 14.5 Å². The number of fused-ring (bicyclic) bond motifs is 3. The maximum atomic E-state index is 6.78. The molecule has 0 radical (unpaired) electrons. The Bertz CT molecular complexity index is 2470. The van der Waals surface area contributed by atoms with Gasteiger partial charge in [0.05, 0.1) is 0 Å². The number of aromatic nitrogens is 2. The van der Waals surface area contributed by atoms with Crippen molar-refractivity contribution >= 4 is 33.2 Å². The molecular formula is C52H61N4OPt-3. The monoisotopic (exact) mass is 952 g/mol. The van der Waals surface area contributed by atoms with Crippen molar-refractivity contribution in [1.82, 2.24) is 9.55 Å². The van der Waals surface area contributed by atoms with E-state index < -0.39 is 0 Å². The molecule has 1 aliphatic heterocycles. The first-order valence-corrected chi connectivity index (χ1v) is 20.4. The molecule has 7 rings (SSSR count). The van der Waals surface area contributed by atoms with Crippen molar-refractivity contribution in [3.05, 3.63) is 138 Å². The Morgan fingerprint density at radius 2 is 1.17 bits per heavy atom. The van der Waals surface area contributed by atoms with Gasteiger partial charge in [0.15, 0.2) is 0 Å². The van der Waals surface area contributed by atoms with Gasteiger partial charge in [-0.1, -0.05) is 134 Å². The number of anilines is 2. The molecule has 1 aliphatic rings. The quantitative estimate of drug-likeness (QED) is 0.161. The zero-order valence-electron chi connectivity index (χ0n) is 37.3.